The minimum atomic E-state index is -1.56. The Bertz CT molecular complexity index is 721. The van der Waals surface area contributed by atoms with Crippen LogP contribution in [-0.2, 0) is 0 Å². The second kappa shape index (κ2) is 5.31. The predicted octanol–water partition coefficient (Wildman–Crippen LogP) is 2.26. The molecule has 0 saturated carbocycles. The lowest BCUT2D eigenvalue weighted by Crippen LogP contribution is -2.16. The van der Waals surface area contributed by atoms with Crippen LogP contribution < -0.4 is 5.32 Å². The van der Waals surface area contributed by atoms with Gasteiger partial charge in [0.1, 0.15) is 11.6 Å². The molecule has 0 radical (unpaired) electrons. The monoisotopic (exact) mass is 295 g/mol. The Morgan fingerprint density at radius 1 is 1.24 bits per heavy atom. The van der Waals surface area contributed by atoms with Crippen LogP contribution in [0.2, 0.25) is 0 Å². The summed E-state index contributed by atoms with van der Waals surface area (Å²) in [5.41, 5.74) is -0.0429. The number of H-pyrrole nitrogens is 1. The normalized spacial score (nSPS) is 10.5. The van der Waals surface area contributed by atoms with Gasteiger partial charge in [0.2, 0.25) is 0 Å². The van der Waals surface area contributed by atoms with E-state index < -0.39 is 34.8 Å². The van der Waals surface area contributed by atoms with E-state index >= 15 is 0 Å². The fourth-order valence-corrected chi connectivity index (χ4v) is 1.88. The van der Waals surface area contributed by atoms with Gasteiger partial charge in [-0.3, -0.25) is 9.89 Å². The number of carbonyl (C=O) groups excluding carboxylic acids is 1. The van der Waals surface area contributed by atoms with Crippen LogP contribution in [0.3, 0.4) is 0 Å². The number of halogens is 2. The topological polar surface area (TPSA) is 95.1 Å². The summed E-state index contributed by atoms with van der Waals surface area (Å²) in [5, 5.41) is 17.4. The average molecular weight is 295 g/mol. The van der Waals surface area contributed by atoms with Crippen molar-refractivity contribution in [1.29, 1.82) is 0 Å². The molecule has 2 aromatic rings. The van der Waals surface area contributed by atoms with Crippen molar-refractivity contribution < 1.29 is 23.5 Å². The summed E-state index contributed by atoms with van der Waals surface area (Å²) < 4.78 is 26.9. The number of aryl methyl sites for hydroxylation is 2. The zero-order valence-corrected chi connectivity index (χ0v) is 11.1. The number of benzene rings is 1. The first kappa shape index (κ1) is 14.6. The molecule has 8 heteroatoms. The fraction of sp³-hybridized carbons (Fsp3) is 0.154. The molecule has 1 heterocycles. The van der Waals surface area contributed by atoms with Crippen molar-refractivity contribution in [3.8, 4) is 0 Å². The van der Waals surface area contributed by atoms with E-state index in [0.29, 0.717) is 17.5 Å². The molecule has 21 heavy (non-hydrogen) atoms. The van der Waals surface area contributed by atoms with E-state index in [1.165, 1.54) is 0 Å². The highest BCUT2D eigenvalue weighted by atomic mass is 19.1. The Morgan fingerprint density at radius 3 is 2.43 bits per heavy atom. The summed E-state index contributed by atoms with van der Waals surface area (Å²) in [7, 11) is 0. The maximum atomic E-state index is 13.6. The van der Waals surface area contributed by atoms with Crippen LogP contribution in [0.15, 0.2) is 12.1 Å². The smallest absolute Gasteiger partial charge is 0.338 e. The van der Waals surface area contributed by atoms with Gasteiger partial charge in [-0.2, -0.15) is 5.10 Å². The number of carbonyl (C=O) groups is 2. The van der Waals surface area contributed by atoms with Crippen molar-refractivity contribution >= 4 is 17.6 Å². The van der Waals surface area contributed by atoms with Crippen LogP contribution in [0.4, 0.5) is 14.5 Å². The summed E-state index contributed by atoms with van der Waals surface area (Å²) in [6, 6.07) is 1.14. The fourth-order valence-electron chi connectivity index (χ4n) is 1.88. The molecule has 0 aliphatic rings. The van der Waals surface area contributed by atoms with Crippen LogP contribution in [0.1, 0.15) is 32.1 Å². The third kappa shape index (κ3) is 2.73. The first-order valence-electron chi connectivity index (χ1n) is 5.86. The van der Waals surface area contributed by atoms with Gasteiger partial charge in [-0.15, -0.1) is 0 Å². The minimum absolute atomic E-state index is 0.218. The highest BCUT2D eigenvalue weighted by Gasteiger charge is 2.20. The van der Waals surface area contributed by atoms with Gasteiger partial charge in [0.05, 0.1) is 22.5 Å². The van der Waals surface area contributed by atoms with E-state index in [4.69, 9.17) is 5.11 Å². The Labute approximate surface area is 117 Å². The highest BCUT2D eigenvalue weighted by molar-refractivity contribution is 6.06. The summed E-state index contributed by atoms with van der Waals surface area (Å²) in [6.07, 6.45) is 0. The van der Waals surface area contributed by atoms with Crippen LogP contribution in [-0.4, -0.2) is 27.2 Å². The van der Waals surface area contributed by atoms with Crippen LogP contribution in [0.5, 0.6) is 0 Å². The number of carboxylic acid groups (broad SMARTS) is 1. The molecular weight excluding hydrogens is 284 g/mol. The molecule has 0 fully saturated rings. The average Bonchev–Trinajstić information content (AvgIpc) is 2.71. The lowest BCUT2D eigenvalue weighted by molar-refractivity contribution is 0.0691. The lowest BCUT2D eigenvalue weighted by atomic mass is 10.1. The molecule has 2 rings (SSSR count). The lowest BCUT2D eigenvalue weighted by Gasteiger charge is -2.08. The molecule has 0 unspecified atom stereocenters. The number of nitrogens with zero attached hydrogens (tertiary/aromatic N) is 1. The minimum Gasteiger partial charge on any atom is -0.478 e. The van der Waals surface area contributed by atoms with E-state index in [2.05, 4.69) is 15.5 Å². The number of aromatic carboxylic acids is 1. The molecule has 6 nitrogen and oxygen atoms in total. The molecule has 0 aliphatic heterocycles. The molecule has 0 saturated heterocycles. The summed E-state index contributed by atoms with van der Waals surface area (Å²) in [6.45, 7) is 3.20. The first-order chi connectivity index (χ1) is 9.81. The van der Waals surface area contributed by atoms with Crippen LogP contribution in [0, 0.1) is 25.5 Å². The summed E-state index contributed by atoms with van der Waals surface area (Å²) >= 11 is 0. The van der Waals surface area contributed by atoms with Crippen molar-refractivity contribution in [3.63, 3.8) is 0 Å². The van der Waals surface area contributed by atoms with Gasteiger partial charge >= 0.3 is 5.97 Å². The maximum Gasteiger partial charge on any atom is 0.338 e. The van der Waals surface area contributed by atoms with Gasteiger partial charge in [0.25, 0.3) is 5.91 Å². The number of hydrogen-bond acceptors (Lipinski definition) is 3. The molecule has 1 aromatic heterocycles. The molecule has 0 spiro atoms. The molecule has 110 valence electrons. The van der Waals surface area contributed by atoms with Crippen molar-refractivity contribution in [2.75, 3.05) is 5.32 Å². The highest BCUT2D eigenvalue weighted by Crippen LogP contribution is 2.21. The second-order valence-electron chi connectivity index (χ2n) is 4.38. The van der Waals surface area contributed by atoms with E-state index in [1.807, 2.05) is 0 Å². The molecule has 3 N–H and O–H groups in total. The predicted molar refractivity (Wildman–Crippen MR) is 69.3 cm³/mol. The van der Waals surface area contributed by atoms with E-state index in [0.717, 1.165) is 6.07 Å². The quantitative estimate of drug-likeness (QED) is 0.809. The number of amides is 1. The van der Waals surface area contributed by atoms with Gasteiger partial charge in [-0.05, 0) is 19.9 Å². The maximum absolute atomic E-state index is 13.6. The van der Waals surface area contributed by atoms with E-state index in [9.17, 15) is 18.4 Å². The van der Waals surface area contributed by atoms with Crippen LogP contribution >= 0.6 is 0 Å². The SMILES string of the molecule is Cc1n[nH]c(C)c1C(=O)Nc1cc(C(=O)O)c(F)cc1F. The molecular formula is C13H11F2N3O3. The summed E-state index contributed by atoms with van der Waals surface area (Å²) in [5.74, 6) is -4.50. The van der Waals surface area contributed by atoms with E-state index in [-0.39, 0.29) is 5.56 Å². The third-order valence-electron chi connectivity index (χ3n) is 2.89. The zero-order valence-electron chi connectivity index (χ0n) is 11.1. The van der Waals surface area contributed by atoms with Gasteiger partial charge in [-0.25, -0.2) is 13.6 Å². The molecule has 0 atom stereocenters. The Hall–Kier alpha value is -2.77. The van der Waals surface area contributed by atoms with Gasteiger partial charge in [-0.1, -0.05) is 0 Å². The second-order valence-corrected chi connectivity index (χ2v) is 4.38. The van der Waals surface area contributed by atoms with Gasteiger partial charge < -0.3 is 10.4 Å². The number of anilines is 1. The molecule has 1 aromatic carbocycles. The van der Waals surface area contributed by atoms with Gasteiger partial charge in [0, 0.05) is 11.8 Å². The van der Waals surface area contributed by atoms with Crippen molar-refractivity contribution in [3.05, 3.63) is 46.3 Å². The third-order valence-corrected chi connectivity index (χ3v) is 2.89. The number of carboxylic acids is 1. The number of nitrogens with one attached hydrogen (secondary N) is 2. The number of aromatic amines is 1. The zero-order chi connectivity index (χ0) is 15.7. The summed E-state index contributed by atoms with van der Waals surface area (Å²) in [4.78, 5) is 22.9. The molecule has 0 aliphatic carbocycles. The number of hydrogen-bond donors (Lipinski definition) is 3. The number of aromatic nitrogens is 2. The Kier molecular flexibility index (Phi) is 3.70. The van der Waals surface area contributed by atoms with Gasteiger partial charge in [0.15, 0.2) is 0 Å². The first-order valence-corrected chi connectivity index (χ1v) is 5.86. The largest absolute Gasteiger partial charge is 0.478 e. The van der Waals surface area contributed by atoms with Crippen molar-refractivity contribution in [2.24, 2.45) is 0 Å². The Morgan fingerprint density at radius 2 is 1.90 bits per heavy atom. The van der Waals surface area contributed by atoms with Crippen molar-refractivity contribution in [1.82, 2.24) is 10.2 Å². The van der Waals surface area contributed by atoms with Crippen LogP contribution in [0.25, 0.3) is 0 Å². The molecule has 1 amide bonds. The van der Waals surface area contributed by atoms with E-state index in [1.54, 1.807) is 13.8 Å². The van der Waals surface area contributed by atoms with Crippen molar-refractivity contribution in [2.45, 2.75) is 13.8 Å². The Balaban J connectivity index is 2.38. The standard InChI is InChI=1S/C13H11F2N3O3/c1-5-11(6(2)18-17-5)12(19)16-10-3-7(13(20)21)8(14)4-9(10)15/h3-4H,1-2H3,(H,16,19)(H,17,18)(H,20,21). The molecule has 0 bridgehead atoms. The number of rotatable bonds is 3.